The number of rotatable bonds is 1. The predicted molar refractivity (Wildman–Crippen MR) is 69.5 cm³/mol. The fraction of sp³-hybridized carbons (Fsp3) is 0. The zero-order valence-corrected chi connectivity index (χ0v) is 8.77. The number of benzene rings is 2. The van der Waals surface area contributed by atoms with Gasteiger partial charge in [-0.1, -0.05) is 6.07 Å². The molecule has 0 heterocycles. The molecule has 0 bridgehead atoms. The molecule has 0 spiro atoms. The van der Waals surface area contributed by atoms with Crippen LogP contribution in [0.3, 0.4) is 0 Å². The molecule has 0 aliphatic rings. The van der Waals surface area contributed by atoms with Crippen LogP contribution in [0.15, 0.2) is 36.4 Å². The Morgan fingerprint density at radius 2 is 1.19 bits per heavy atom. The van der Waals surface area contributed by atoms with Crippen LogP contribution in [-0.4, -0.2) is 0 Å². The summed E-state index contributed by atoms with van der Waals surface area (Å²) in [6.45, 7) is 0. The van der Waals surface area contributed by atoms with Crippen molar-refractivity contribution in [1.82, 2.24) is 0 Å². The van der Waals surface area contributed by atoms with Gasteiger partial charge in [-0.15, -0.1) is 0 Å². The van der Waals surface area contributed by atoms with Crippen molar-refractivity contribution in [2.24, 2.45) is 0 Å². The minimum absolute atomic E-state index is 0.554. The Hall–Kier alpha value is -2.36. The molecule has 2 rings (SSSR count). The number of nitrogen functional groups attached to an aromatic ring is 4. The second-order valence-corrected chi connectivity index (χ2v) is 3.73. The summed E-state index contributed by atoms with van der Waals surface area (Å²) in [7, 11) is 0. The molecule has 0 aliphatic heterocycles. The summed E-state index contributed by atoms with van der Waals surface area (Å²) < 4.78 is 0. The van der Waals surface area contributed by atoms with E-state index in [4.69, 9.17) is 22.9 Å². The highest BCUT2D eigenvalue weighted by atomic mass is 14.7. The molecule has 16 heavy (non-hydrogen) atoms. The second-order valence-electron chi connectivity index (χ2n) is 3.73. The maximum atomic E-state index is 5.75. The topological polar surface area (TPSA) is 104 Å². The fourth-order valence-electron chi connectivity index (χ4n) is 1.60. The molecule has 4 heteroatoms. The van der Waals surface area contributed by atoms with Gasteiger partial charge in [-0.2, -0.15) is 0 Å². The van der Waals surface area contributed by atoms with E-state index in [2.05, 4.69) is 0 Å². The molecule has 0 amide bonds. The first kappa shape index (κ1) is 10.2. The summed E-state index contributed by atoms with van der Waals surface area (Å²) in [4.78, 5) is 0. The number of hydrogen-bond acceptors (Lipinski definition) is 4. The van der Waals surface area contributed by atoms with Gasteiger partial charge in [0, 0.05) is 11.4 Å². The Morgan fingerprint density at radius 3 is 1.75 bits per heavy atom. The summed E-state index contributed by atoms with van der Waals surface area (Å²) >= 11 is 0. The van der Waals surface area contributed by atoms with Crippen LogP contribution in [0.4, 0.5) is 22.7 Å². The summed E-state index contributed by atoms with van der Waals surface area (Å²) in [5.41, 5.74) is 27.1. The third kappa shape index (κ3) is 1.86. The van der Waals surface area contributed by atoms with Crippen molar-refractivity contribution in [3.8, 4) is 11.1 Å². The molecular formula is C12H14N4. The Labute approximate surface area is 93.8 Å². The van der Waals surface area contributed by atoms with Crippen LogP contribution in [0.2, 0.25) is 0 Å². The summed E-state index contributed by atoms with van der Waals surface area (Å²) in [6.07, 6.45) is 0. The van der Waals surface area contributed by atoms with Gasteiger partial charge in [-0.25, -0.2) is 0 Å². The van der Waals surface area contributed by atoms with Crippen LogP contribution < -0.4 is 22.9 Å². The first-order valence-corrected chi connectivity index (χ1v) is 4.87. The lowest BCUT2D eigenvalue weighted by molar-refractivity contribution is 1.60. The SMILES string of the molecule is Nc1cc(N)cc(-c2ccc(N)c(N)c2)c1. The number of anilines is 4. The number of hydrogen-bond donors (Lipinski definition) is 4. The molecule has 0 radical (unpaired) electrons. The minimum atomic E-state index is 0.554. The molecule has 0 atom stereocenters. The smallest absolute Gasteiger partial charge is 0.0554 e. The van der Waals surface area contributed by atoms with Crippen molar-refractivity contribution in [1.29, 1.82) is 0 Å². The van der Waals surface area contributed by atoms with E-state index in [1.54, 1.807) is 12.1 Å². The van der Waals surface area contributed by atoms with Crippen molar-refractivity contribution in [2.75, 3.05) is 22.9 Å². The Kier molecular flexibility index (Phi) is 2.32. The van der Waals surface area contributed by atoms with Crippen LogP contribution in [0.5, 0.6) is 0 Å². The number of nitrogens with two attached hydrogens (primary N) is 4. The van der Waals surface area contributed by atoms with Crippen LogP contribution in [-0.2, 0) is 0 Å². The van der Waals surface area contributed by atoms with Gasteiger partial charge in [-0.3, -0.25) is 0 Å². The third-order valence-corrected chi connectivity index (χ3v) is 2.40. The molecule has 0 saturated heterocycles. The van der Waals surface area contributed by atoms with Gasteiger partial charge in [-0.05, 0) is 41.5 Å². The third-order valence-electron chi connectivity index (χ3n) is 2.40. The summed E-state index contributed by atoms with van der Waals surface area (Å²) in [6, 6.07) is 10.9. The Morgan fingerprint density at radius 1 is 0.562 bits per heavy atom. The molecule has 0 unspecified atom stereocenters. The standard InChI is InChI=1S/C12H14N4/c13-9-3-8(4-10(14)6-9)7-1-2-11(15)12(16)5-7/h1-6H,13-16H2. The van der Waals surface area contributed by atoms with Gasteiger partial charge in [0.05, 0.1) is 11.4 Å². The van der Waals surface area contributed by atoms with Gasteiger partial charge < -0.3 is 22.9 Å². The fourth-order valence-corrected chi connectivity index (χ4v) is 1.60. The van der Waals surface area contributed by atoms with E-state index in [0.717, 1.165) is 11.1 Å². The molecule has 8 N–H and O–H groups in total. The van der Waals surface area contributed by atoms with Gasteiger partial charge in [0.15, 0.2) is 0 Å². The van der Waals surface area contributed by atoms with E-state index >= 15 is 0 Å². The van der Waals surface area contributed by atoms with Gasteiger partial charge in [0.2, 0.25) is 0 Å². The predicted octanol–water partition coefficient (Wildman–Crippen LogP) is 1.68. The van der Waals surface area contributed by atoms with Gasteiger partial charge >= 0.3 is 0 Å². The maximum Gasteiger partial charge on any atom is 0.0554 e. The maximum absolute atomic E-state index is 5.75. The molecule has 2 aromatic rings. The highest BCUT2D eigenvalue weighted by Crippen LogP contribution is 2.28. The second kappa shape index (κ2) is 3.66. The highest BCUT2D eigenvalue weighted by Gasteiger charge is 2.02. The van der Waals surface area contributed by atoms with E-state index in [1.165, 1.54) is 0 Å². The van der Waals surface area contributed by atoms with E-state index < -0.39 is 0 Å². The zero-order valence-electron chi connectivity index (χ0n) is 8.77. The first-order chi connectivity index (χ1) is 7.56. The Bertz CT molecular complexity index is 514. The monoisotopic (exact) mass is 214 g/mol. The van der Waals surface area contributed by atoms with Crippen LogP contribution in [0, 0.1) is 0 Å². The van der Waals surface area contributed by atoms with E-state index in [1.807, 2.05) is 24.3 Å². The molecule has 4 nitrogen and oxygen atoms in total. The first-order valence-electron chi connectivity index (χ1n) is 4.87. The van der Waals surface area contributed by atoms with Gasteiger partial charge in [0.25, 0.3) is 0 Å². The lowest BCUT2D eigenvalue weighted by Gasteiger charge is -2.07. The average molecular weight is 214 g/mol. The van der Waals surface area contributed by atoms with Crippen LogP contribution in [0.25, 0.3) is 11.1 Å². The quantitative estimate of drug-likeness (QED) is 0.542. The summed E-state index contributed by atoms with van der Waals surface area (Å²) in [5.74, 6) is 0. The van der Waals surface area contributed by atoms with Gasteiger partial charge in [0.1, 0.15) is 0 Å². The van der Waals surface area contributed by atoms with Crippen molar-refractivity contribution < 1.29 is 0 Å². The normalized spacial score (nSPS) is 10.2. The lowest BCUT2D eigenvalue weighted by atomic mass is 10.0. The lowest BCUT2D eigenvalue weighted by Crippen LogP contribution is -1.95. The van der Waals surface area contributed by atoms with E-state index in [0.29, 0.717) is 22.7 Å². The zero-order chi connectivity index (χ0) is 11.7. The molecule has 0 saturated carbocycles. The van der Waals surface area contributed by atoms with E-state index in [-0.39, 0.29) is 0 Å². The van der Waals surface area contributed by atoms with Crippen molar-refractivity contribution in [3.63, 3.8) is 0 Å². The Balaban J connectivity index is 2.54. The van der Waals surface area contributed by atoms with Crippen molar-refractivity contribution in [2.45, 2.75) is 0 Å². The van der Waals surface area contributed by atoms with E-state index in [9.17, 15) is 0 Å². The molecule has 82 valence electrons. The van der Waals surface area contributed by atoms with Crippen molar-refractivity contribution >= 4 is 22.7 Å². The molecule has 0 aromatic heterocycles. The summed E-state index contributed by atoms with van der Waals surface area (Å²) in [5, 5.41) is 0. The average Bonchev–Trinajstić information content (AvgIpc) is 2.20. The van der Waals surface area contributed by atoms with Crippen molar-refractivity contribution in [3.05, 3.63) is 36.4 Å². The molecular weight excluding hydrogens is 200 g/mol. The minimum Gasteiger partial charge on any atom is -0.399 e. The molecule has 0 fully saturated rings. The molecule has 2 aromatic carbocycles. The largest absolute Gasteiger partial charge is 0.399 e. The van der Waals surface area contributed by atoms with Crippen LogP contribution >= 0.6 is 0 Å². The highest BCUT2D eigenvalue weighted by molar-refractivity contribution is 5.78. The molecule has 0 aliphatic carbocycles. The van der Waals surface area contributed by atoms with Crippen LogP contribution in [0.1, 0.15) is 0 Å².